The highest BCUT2D eigenvalue weighted by Gasteiger charge is 2.02. The smallest absolute Gasteiger partial charge is 0.150 e. The van der Waals surface area contributed by atoms with Crippen molar-refractivity contribution in [2.75, 3.05) is 6.61 Å². The van der Waals surface area contributed by atoms with E-state index in [4.69, 9.17) is 9.47 Å². The van der Waals surface area contributed by atoms with Gasteiger partial charge in [0, 0.05) is 5.56 Å². The lowest BCUT2D eigenvalue weighted by atomic mass is 10.1. The Hall–Kier alpha value is -3.07. The van der Waals surface area contributed by atoms with Gasteiger partial charge >= 0.3 is 0 Å². The lowest BCUT2D eigenvalue weighted by Crippen LogP contribution is -1.96. The third-order valence-electron chi connectivity index (χ3n) is 4.29. The average molecular weight is 360 g/mol. The van der Waals surface area contributed by atoms with Gasteiger partial charge in [0.25, 0.3) is 0 Å². The Morgan fingerprint density at radius 1 is 0.778 bits per heavy atom. The first-order valence-corrected chi connectivity index (χ1v) is 9.35. The van der Waals surface area contributed by atoms with Crippen molar-refractivity contribution in [3.8, 4) is 28.4 Å². The molecular weight excluding hydrogens is 336 g/mol. The predicted molar refractivity (Wildman–Crippen MR) is 109 cm³/mol. The van der Waals surface area contributed by atoms with Crippen molar-refractivity contribution >= 4 is 6.29 Å². The largest absolute Gasteiger partial charge is 0.494 e. The normalized spacial score (nSPS) is 10.4. The summed E-state index contributed by atoms with van der Waals surface area (Å²) in [6, 6.07) is 23.2. The first-order valence-electron chi connectivity index (χ1n) is 9.35. The van der Waals surface area contributed by atoms with Crippen LogP contribution in [-0.4, -0.2) is 12.9 Å². The molecule has 138 valence electrons. The molecule has 0 aromatic heterocycles. The number of carbonyl (C=O) groups is 1. The van der Waals surface area contributed by atoms with Crippen LogP contribution in [0.5, 0.6) is 17.2 Å². The Morgan fingerprint density at radius 2 is 1.44 bits per heavy atom. The Balaban J connectivity index is 1.61. The fourth-order valence-corrected chi connectivity index (χ4v) is 2.79. The maximum absolute atomic E-state index is 10.9. The second kappa shape index (κ2) is 9.58. The lowest BCUT2D eigenvalue weighted by molar-refractivity contribution is 0.112. The Labute approximate surface area is 160 Å². The highest BCUT2D eigenvalue weighted by atomic mass is 16.5. The molecule has 0 unspecified atom stereocenters. The molecule has 3 aromatic carbocycles. The molecule has 0 aliphatic rings. The van der Waals surface area contributed by atoms with Gasteiger partial charge in [0.2, 0.25) is 0 Å². The molecular formula is C24H24O3. The van der Waals surface area contributed by atoms with Gasteiger partial charge in [0.05, 0.1) is 6.61 Å². The van der Waals surface area contributed by atoms with E-state index >= 15 is 0 Å². The summed E-state index contributed by atoms with van der Waals surface area (Å²) in [5.74, 6) is 2.29. The minimum absolute atomic E-state index is 0.598. The predicted octanol–water partition coefficient (Wildman–Crippen LogP) is 6.53. The van der Waals surface area contributed by atoms with Crippen LogP contribution in [0, 0.1) is 0 Å². The quantitative estimate of drug-likeness (QED) is 0.321. The molecule has 0 aliphatic heterocycles. The molecule has 0 N–H and O–H groups in total. The van der Waals surface area contributed by atoms with Crippen molar-refractivity contribution in [1.82, 2.24) is 0 Å². The molecule has 0 saturated heterocycles. The monoisotopic (exact) mass is 360 g/mol. The van der Waals surface area contributed by atoms with Crippen LogP contribution in [0.4, 0.5) is 0 Å². The minimum atomic E-state index is 0.598. The van der Waals surface area contributed by atoms with Crippen LogP contribution in [0.1, 0.15) is 36.5 Å². The van der Waals surface area contributed by atoms with Gasteiger partial charge in [-0.25, -0.2) is 0 Å². The molecule has 0 spiro atoms. The summed E-state index contributed by atoms with van der Waals surface area (Å²) in [5.41, 5.74) is 2.84. The van der Waals surface area contributed by atoms with Crippen LogP contribution >= 0.6 is 0 Å². The zero-order valence-electron chi connectivity index (χ0n) is 15.6. The van der Waals surface area contributed by atoms with E-state index in [0.29, 0.717) is 11.3 Å². The molecule has 0 fully saturated rings. The first-order chi connectivity index (χ1) is 13.3. The SMILES string of the molecule is CCCCCOc1ccc(-c2ccc(Oc3cccc(C=O)c3)cc2)cc1. The molecule has 0 bridgehead atoms. The third-order valence-corrected chi connectivity index (χ3v) is 4.29. The number of hydrogen-bond acceptors (Lipinski definition) is 3. The van der Waals surface area contributed by atoms with Crippen LogP contribution in [-0.2, 0) is 0 Å². The Kier molecular flexibility index (Phi) is 6.64. The minimum Gasteiger partial charge on any atom is -0.494 e. The average Bonchev–Trinajstić information content (AvgIpc) is 2.72. The second-order valence-electron chi connectivity index (χ2n) is 6.40. The molecule has 0 heterocycles. The fourth-order valence-electron chi connectivity index (χ4n) is 2.79. The summed E-state index contributed by atoms with van der Waals surface area (Å²) >= 11 is 0. The zero-order chi connectivity index (χ0) is 18.9. The van der Waals surface area contributed by atoms with E-state index in [2.05, 4.69) is 19.1 Å². The van der Waals surface area contributed by atoms with Gasteiger partial charge in [-0.1, -0.05) is 56.2 Å². The Morgan fingerprint density at radius 3 is 2.07 bits per heavy atom. The molecule has 3 rings (SSSR count). The second-order valence-corrected chi connectivity index (χ2v) is 6.40. The Bertz CT molecular complexity index is 852. The van der Waals surface area contributed by atoms with E-state index in [0.717, 1.165) is 41.9 Å². The topological polar surface area (TPSA) is 35.5 Å². The maximum atomic E-state index is 10.9. The van der Waals surface area contributed by atoms with Crippen molar-refractivity contribution in [3.05, 3.63) is 78.4 Å². The van der Waals surface area contributed by atoms with E-state index < -0.39 is 0 Å². The molecule has 0 aliphatic carbocycles. The van der Waals surface area contributed by atoms with Gasteiger partial charge in [-0.2, -0.15) is 0 Å². The zero-order valence-corrected chi connectivity index (χ0v) is 15.6. The van der Waals surface area contributed by atoms with Crippen LogP contribution in [0.3, 0.4) is 0 Å². The number of ether oxygens (including phenoxy) is 2. The molecule has 0 amide bonds. The highest BCUT2D eigenvalue weighted by molar-refractivity contribution is 5.75. The van der Waals surface area contributed by atoms with Gasteiger partial charge in [-0.3, -0.25) is 4.79 Å². The van der Waals surface area contributed by atoms with Crippen molar-refractivity contribution in [2.45, 2.75) is 26.2 Å². The number of carbonyl (C=O) groups excluding carboxylic acids is 1. The molecule has 0 radical (unpaired) electrons. The number of aldehydes is 1. The van der Waals surface area contributed by atoms with Crippen molar-refractivity contribution in [1.29, 1.82) is 0 Å². The van der Waals surface area contributed by atoms with Gasteiger partial charge in [0.1, 0.15) is 23.5 Å². The molecule has 27 heavy (non-hydrogen) atoms. The van der Waals surface area contributed by atoms with Gasteiger partial charge in [-0.05, 0) is 53.9 Å². The fraction of sp³-hybridized carbons (Fsp3) is 0.208. The first kappa shape index (κ1) is 18.7. The van der Waals surface area contributed by atoms with Gasteiger partial charge in [-0.15, -0.1) is 0 Å². The molecule has 3 heteroatoms. The number of rotatable bonds is 9. The summed E-state index contributed by atoms with van der Waals surface area (Å²) in [6.45, 7) is 2.96. The molecule has 0 atom stereocenters. The van der Waals surface area contributed by atoms with Gasteiger partial charge in [0.15, 0.2) is 0 Å². The number of benzene rings is 3. The van der Waals surface area contributed by atoms with Crippen LogP contribution in [0.2, 0.25) is 0 Å². The third kappa shape index (κ3) is 5.45. The number of hydrogen-bond donors (Lipinski definition) is 0. The molecule has 3 aromatic rings. The van der Waals surface area contributed by atoms with E-state index in [1.807, 2.05) is 42.5 Å². The van der Waals surface area contributed by atoms with E-state index in [1.54, 1.807) is 18.2 Å². The van der Waals surface area contributed by atoms with E-state index in [1.165, 1.54) is 12.8 Å². The van der Waals surface area contributed by atoms with Crippen LogP contribution in [0.15, 0.2) is 72.8 Å². The lowest BCUT2D eigenvalue weighted by Gasteiger charge is -2.09. The van der Waals surface area contributed by atoms with Gasteiger partial charge < -0.3 is 9.47 Å². The summed E-state index contributed by atoms with van der Waals surface area (Å²) < 4.78 is 11.6. The molecule has 0 saturated carbocycles. The summed E-state index contributed by atoms with van der Waals surface area (Å²) in [7, 11) is 0. The highest BCUT2D eigenvalue weighted by Crippen LogP contribution is 2.27. The van der Waals surface area contributed by atoms with Crippen molar-refractivity contribution < 1.29 is 14.3 Å². The standard InChI is InChI=1S/C24H24O3/c1-2-3-4-16-26-22-12-8-20(9-13-22)21-10-14-23(15-11-21)27-24-7-5-6-19(17-24)18-25/h5-15,17-18H,2-4,16H2,1H3. The number of unbranched alkanes of at least 4 members (excludes halogenated alkanes) is 2. The summed E-state index contributed by atoms with van der Waals surface area (Å²) in [5, 5.41) is 0. The van der Waals surface area contributed by atoms with Crippen LogP contribution in [0.25, 0.3) is 11.1 Å². The van der Waals surface area contributed by atoms with E-state index in [-0.39, 0.29) is 0 Å². The summed E-state index contributed by atoms with van der Waals surface area (Å²) in [4.78, 5) is 10.9. The van der Waals surface area contributed by atoms with Crippen LogP contribution < -0.4 is 9.47 Å². The molecule has 3 nitrogen and oxygen atoms in total. The van der Waals surface area contributed by atoms with Crippen molar-refractivity contribution in [3.63, 3.8) is 0 Å². The van der Waals surface area contributed by atoms with Crippen molar-refractivity contribution in [2.24, 2.45) is 0 Å². The maximum Gasteiger partial charge on any atom is 0.150 e. The van der Waals surface area contributed by atoms with E-state index in [9.17, 15) is 4.79 Å². The summed E-state index contributed by atoms with van der Waals surface area (Å²) in [6.07, 6.45) is 4.30.